The fraction of sp³-hybridized carbons (Fsp3) is 0.219. The first-order chi connectivity index (χ1) is 19.9. The fourth-order valence-electron chi connectivity index (χ4n) is 5.27. The van der Waals surface area contributed by atoms with Crippen LogP contribution in [0.25, 0.3) is 28.0 Å². The van der Waals surface area contributed by atoms with Gasteiger partial charge in [0.25, 0.3) is 0 Å². The van der Waals surface area contributed by atoms with Gasteiger partial charge in [0.1, 0.15) is 17.2 Å². The van der Waals surface area contributed by atoms with Crippen molar-refractivity contribution >= 4 is 15.7 Å². The summed E-state index contributed by atoms with van der Waals surface area (Å²) in [6.45, 7) is 5.03. The molecule has 0 saturated carbocycles. The second-order valence-electron chi connectivity index (χ2n) is 10.0. The molecule has 0 aliphatic carbocycles. The Morgan fingerprint density at radius 1 is 0.829 bits per heavy atom. The van der Waals surface area contributed by atoms with Crippen molar-refractivity contribution in [3.05, 3.63) is 109 Å². The molecule has 1 saturated heterocycles. The van der Waals surface area contributed by atoms with Gasteiger partial charge in [-0.25, -0.2) is 17.8 Å². The molecule has 1 fully saturated rings. The molecule has 0 spiro atoms. The number of piperazine rings is 1. The van der Waals surface area contributed by atoms with Gasteiger partial charge in [0.05, 0.1) is 22.9 Å². The molecule has 3 aromatic carbocycles. The SMILES string of the molecule is CCOc1cccc(-c2ccc3nc(-c4ccccc4)c(CN4CCN(S(=O)(=O)c5ccc(F)cc5)CC4)n3c2)c1. The van der Waals surface area contributed by atoms with E-state index in [0.29, 0.717) is 39.3 Å². The van der Waals surface area contributed by atoms with Crippen LogP contribution in [0.2, 0.25) is 0 Å². The van der Waals surface area contributed by atoms with Gasteiger partial charge in [-0.15, -0.1) is 0 Å². The highest BCUT2D eigenvalue weighted by molar-refractivity contribution is 7.89. The fourth-order valence-corrected chi connectivity index (χ4v) is 6.69. The molecule has 0 radical (unpaired) electrons. The van der Waals surface area contributed by atoms with Crippen LogP contribution in [0, 0.1) is 5.82 Å². The van der Waals surface area contributed by atoms with Crippen LogP contribution >= 0.6 is 0 Å². The lowest BCUT2D eigenvalue weighted by atomic mass is 10.1. The highest BCUT2D eigenvalue weighted by Crippen LogP contribution is 2.30. The Labute approximate surface area is 239 Å². The number of halogens is 1. The van der Waals surface area contributed by atoms with Gasteiger partial charge in [0, 0.05) is 44.5 Å². The van der Waals surface area contributed by atoms with Crippen LogP contribution in [0.1, 0.15) is 12.6 Å². The van der Waals surface area contributed by atoms with Gasteiger partial charge in [0.2, 0.25) is 10.0 Å². The topological polar surface area (TPSA) is 67.2 Å². The van der Waals surface area contributed by atoms with Crippen molar-refractivity contribution in [2.24, 2.45) is 0 Å². The molecule has 0 unspecified atom stereocenters. The Bertz CT molecular complexity index is 1760. The van der Waals surface area contributed by atoms with E-state index in [1.54, 1.807) is 0 Å². The zero-order valence-electron chi connectivity index (χ0n) is 22.8. The number of hydrogen-bond donors (Lipinski definition) is 0. The quantitative estimate of drug-likeness (QED) is 0.239. The van der Waals surface area contributed by atoms with Crippen molar-refractivity contribution in [3.8, 4) is 28.1 Å². The minimum absolute atomic E-state index is 0.112. The van der Waals surface area contributed by atoms with Gasteiger partial charge in [0.15, 0.2) is 0 Å². The number of pyridine rings is 1. The van der Waals surface area contributed by atoms with Crippen molar-refractivity contribution in [2.75, 3.05) is 32.8 Å². The van der Waals surface area contributed by atoms with Crippen molar-refractivity contribution in [1.29, 1.82) is 0 Å². The number of nitrogens with zero attached hydrogens (tertiary/aromatic N) is 4. The third-order valence-electron chi connectivity index (χ3n) is 7.40. The van der Waals surface area contributed by atoms with Crippen LogP contribution in [-0.4, -0.2) is 59.8 Å². The predicted octanol–water partition coefficient (Wildman–Crippen LogP) is 5.71. The lowest BCUT2D eigenvalue weighted by molar-refractivity contribution is 0.180. The van der Waals surface area contributed by atoms with Crippen LogP contribution in [0.15, 0.2) is 102 Å². The van der Waals surface area contributed by atoms with Gasteiger partial charge in [-0.3, -0.25) is 4.90 Å². The van der Waals surface area contributed by atoms with E-state index in [0.717, 1.165) is 39.5 Å². The summed E-state index contributed by atoms with van der Waals surface area (Å²) in [6.07, 6.45) is 2.12. The Balaban J connectivity index is 1.30. The van der Waals surface area contributed by atoms with Crippen molar-refractivity contribution in [1.82, 2.24) is 18.6 Å². The van der Waals surface area contributed by atoms with Crippen molar-refractivity contribution < 1.29 is 17.5 Å². The maximum absolute atomic E-state index is 13.4. The Morgan fingerprint density at radius 3 is 2.29 bits per heavy atom. The number of sulfonamides is 1. The summed E-state index contributed by atoms with van der Waals surface area (Å²) in [5.74, 6) is 0.371. The zero-order chi connectivity index (χ0) is 28.4. The minimum Gasteiger partial charge on any atom is -0.494 e. The lowest BCUT2D eigenvalue weighted by Crippen LogP contribution is -2.48. The second kappa shape index (κ2) is 11.4. The molecule has 2 aromatic heterocycles. The lowest BCUT2D eigenvalue weighted by Gasteiger charge is -2.34. The molecule has 1 aliphatic rings. The largest absolute Gasteiger partial charge is 0.494 e. The molecule has 0 atom stereocenters. The van der Waals surface area contributed by atoms with E-state index in [1.807, 2.05) is 49.4 Å². The van der Waals surface area contributed by atoms with Gasteiger partial charge in [-0.2, -0.15) is 4.31 Å². The van der Waals surface area contributed by atoms with E-state index in [1.165, 1.54) is 28.6 Å². The first-order valence-electron chi connectivity index (χ1n) is 13.7. The van der Waals surface area contributed by atoms with E-state index in [9.17, 15) is 12.8 Å². The number of imidazole rings is 1. The van der Waals surface area contributed by atoms with E-state index in [2.05, 4.69) is 39.8 Å². The average molecular weight is 571 g/mol. The summed E-state index contributed by atoms with van der Waals surface area (Å²) in [7, 11) is -3.68. The highest BCUT2D eigenvalue weighted by Gasteiger charge is 2.29. The molecule has 5 aromatic rings. The molecule has 3 heterocycles. The number of aromatic nitrogens is 2. The third kappa shape index (κ3) is 5.61. The molecule has 0 amide bonds. The average Bonchev–Trinajstić information content (AvgIpc) is 3.36. The van der Waals surface area contributed by atoms with Gasteiger partial charge in [-0.05, 0) is 66.6 Å². The van der Waals surface area contributed by atoms with Crippen LogP contribution in [0.3, 0.4) is 0 Å². The maximum atomic E-state index is 13.4. The van der Waals surface area contributed by atoms with Gasteiger partial charge < -0.3 is 9.14 Å². The highest BCUT2D eigenvalue weighted by atomic mass is 32.2. The normalized spacial score (nSPS) is 14.9. The molecular formula is C32H31FN4O3S. The Hall–Kier alpha value is -4.05. The van der Waals surface area contributed by atoms with Crippen LogP contribution in [0.5, 0.6) is 5.75 Å². The van der Waals surface area contributed by atoms with E-state index >= 15 is 0 Å². The molecule has 6 rings (SSSR count). The van der Waals surface area contributed by atoms with Crippen molar-refractivity contribution in [2.45, 2.75) is 18.4 Å². The molecule has 1 aliphatic heterocycles. The molecule has 210 valence electrons. The van der Waals surface area contributed by atoms with Crippen molar-refractivity contribution in [3.63, 3.8) is 0 Å². The number of ether oxygens (including phenoxy) is 1. The number of rotatable bonds is 8. The van der Waals surface area contributed by atoms with Gasteiger partial charge >= 0.3 is 0 Å². The summed E-state index contributed by atoms with van der Waals surface area (Å²) in [5, 5.41) is 0. The van der Waals surface area contributed by atoms with Crippen LogP contribution < -0.4 is 4.74 Å². The summed E-state index contributed by atoms with van der Waals surface area (Å²) in [5.41, 5.74) is 5.94. The van der Waals surface area contributed by atoms with Crippen LogP contribution in [0.4, 0.5) is 4.39 Å². The second-order valence-corrected chi connectivity index (χ2v) is 12.0. The zero-order valence-corrected chi connectivity index (χ0v) is 23.6. The number of hydrogen-bond acceptors (Lipinski definition) is 5. The molecular weight excluding hydrogens is 539 g/mol. The van der Waals surface area contributed by atoms with Gasteiger partial charge in [-0.1, -0.05) is 42.5 Å². The summed E-state index contributed by atoms with van der Waals surface area (Å²) < 4.78 is 49.0. The monoisotopic (exact) mass is 570 g/mol. The molecule has 41 heavy (non-hydrogen) atoms. The first-order valence-corrected chi connectivity index (χ1v) is 15.1. The molecule has 0 bridgehead atoms. The molecule has 9 heteroatoms. The third-order valence-corrected chi connectivity index (χ3v) is 9.31. The predicted molar refractivity (Wildman–Crippen MR) is 158 cm³/mol. The molecule has 0 N–H and O–H groups in total. The molecule has 7 nitrogen and oxygen atoms in total. The summed E-state index contributed by atoms with van der Waals surface area (Å²) >= 11 is 0. The number of fused-ring (bicyclic) bond motifs is 1. The Morgan fingerprint density at radius 2 is 1.56 bits per heavy atom. The summed E-state index contributed by atoms with van der Waals surface area (Å²) in [6, 6.07) is 27.3. The first kappa shape index (κ1) is 27.1. The smallest absolute Gasteiger partial charge is 0.243 e. The number of benzene rings is 3. The Kier molecular flexibility index (Phi) is 7.57. The minimum atomic E-state index is -3.68. The summed E-state index contributed by atoms with van der Waals surface area (Å²) in [4.78, 5) is 7.38. The van der Waals surface area contributed by atoms with E-state index in [-0.39, 0.29) is 4.90 Å². The maximum Gasteiger partial charge on any atom is 0.243 e. The van der Waals surface area contributed by atoms with Crippen LogP contribution in [-0.2, 0) is 16.6 Å². The van der Waals surface area contributed by atoms with E-state index in [4.69, 9.17) is 9.72 Å². The van der Waals surface area contributed by atoms with E-state index < -0.39 is 15.8 Å². The standard InChI is InChI=1S/C32H31FN4O3S/c1-2-40-28-10-6-9-25(21-28)26-11-16-31-34-32(24-7-4-3-5-8-24)30(37(31)22-26)23-35-17-19-36(20-18-35)41(38,39)29-14-12-27(33)13-15-29/h3-16,21-22H,2,17-20,23H2,1H3.